The number of nitrogens with zero attached hydrogens (tertiary/aromatic N) is 1. The first-order chi connectivity index (χ1) is 10.2. The van der Waals surface area contributed by atoms with E-state index in [1.165, 1.54) is 34.5 Å². The monoisotopic (exact) mass is 280 g/mol. The van der Waals surface area contributed by atoms with Gasteiger partial charge in [0.25, 0.3) is 0 Å². The first-order valence-corrected chi connectivity index (χ1v) is 7.84. The van der Waals surface area contributed by atoms with Crippen LogP contribution in [0.2, 0.25) is 0 Å². The van der Waals surface area contributed by atoms with E-state index in [1.54, 1.807) is 0 Å². The molecule has 3 rings (SSSR count). The maximum absolute atomic E-state index is 5.66. The highest BCUT2D eigenvalue weighted by molar-refractivity contribution is 5.70. The Balaban J connectivity index is 2.00. The number of rotatable bonds is 3. The zero-order chi connectivity index (χ0) is 14.8. The van der Waals surface area contributed by atoms with Crippen LogP contribution in [0.25, 0.3) is 0 Å². The lowest BCUT2D eigenvalue weighted by molar-refractivity contribution is 0.562. The number of benzene rings is 2. The Morgan fingerprint density at radius 3 is 2.71 bits per heavy atom. The molecule has 0 saturated heterocycles. The van der Waals surface area contributed by atoms with Gasteiger partial charge in [-0.25, -0.2) is 0 Å². The molecule has 2 N–H and O–H groups in total. The van der Waals surface area contributed by atoms with Crippen molar-refractivity contribution in [2.24, 2.45) is 11.7 Å². The molecule has 0 aliphatic carbocycles. The van der Waals surface area contributed by atoms with Crippen molar-refractivity contribution in [3.8, 4) is 0 Å². The minimum atomic E-state index is 0.683. The van der Waals surface area contributed by atoms with Gasteiger partial charge in [0.05, 0.1) is 0 Å². The molecule has 0 bridgehead atoms. The topological polar surface area (TPSA) is 29.3 Å². The maximum Gasteiger partial charge on any atom is 0.0443 e. The minimum Gasteiger partial charge on any atom is -0.341 e. The SMILES string of the molecule is Cc1cc(CCN)ccc1N1CC(C)Cc2ccccc21. The number of nitrogens with two attached hydrogens (primary N) is 1. The maximum atomic E-state index is 5.66. The third kappa shape index (κ3) is 2.81. The molecule has 1 unspecified atom stereocenters. The Labute approximate surface area is 127 Å². The van der Waals surface area contributed by atoms with Crippen molar-refractivity contribution < 1.29 is 0 Å². The number of hydrogen-bond donors (Lipinski definition) is 1. The molecule has 1 aliphatic rings. The molecule has 0 radical (unpaired) electrons. The molecule has 2 aromatic rings. The summed E-state index contributed by atoms with van der Waals surface area (Å²) in [4.78, 5) is 2.48. The van der Waals surface area contributed by atoms with Gasteiger partial charge in [0.1, 0.15) is 0 Å². The Morgan fingerprint density at radius 1 is 1.14 bits per heavy atom. The molecule has 21 heavy (non-hydrogen) atoms. The molecule has 2 aromatic carbocycles. The van der Waals surface area contributed by atoms with Crippen LogP contribution in [-0.2, 0) is 12.8 Å². The van der Waals surface area contributed by atoms with Gasteiger partial charge in [-0.05, 0) is 61.1 Å². The normalized spacial score (nSPS) is 17.7. The molecule has 2 heteroatoms. The van der Waals surface area contributed by atoms with Crippen LogP contribution in [0, 0.1) is 12.8 Å². The average Bonchev–Trinajstić information content (AvgIpc) is 2.47. The van der Waals surface area contributed by atoms with E-state index in [-0.39, 0.29) is 0 Å². The van der Waals surface area contributed by atoms with Crippen LogP contribution >= 0.6 is 0 Å². The smallest absolute Gasteiger partial charge is 0.0443 e. The van der Waals surface area contributed by atoms with Gasteiger partial charge in [-0.1, -0.05) is 37.3 Å². The van der Waals surface area contributed by atoms with Crippen LogP contribution in [0.5, 0.6) is 0 Å². The molecule has 2 nitrogen and oxygen atoms in total. The molecule has 0 amide bonds. The van der Waals surface area contributed by atoms with Crippen molar-refractivity contribution in [3.05, 3.63) is 59.2 Å². The van der Waals surface area contributed by atoms with Crippen molar-refractivity contribution in [3.63, 3.8) is 0 Å². The van der Waals surface area contributed by atoms with Crippen LogP contribution in [0.1, 0.15) is 23.6 Å². The van der Waals surface area contributed by atoms with Crippen molar-refractivity contribution in [1.29, 1.82) is 0 Å². The highest BCUT2D eigenvalue weighted by Gasteiger charge is 2.23. The van der Waals surface area contributed by atoms with E-state index in [2.05, 4.69) is 61.2 Å². The second-order valence-electron chi connectivity index (χ2n) is 6.21. The van der Waals surface area contributed by atoms with Crippen LogP contribution in [0.3, 0.4) is 0 Å². The van der Waals surface area contributed by atoms with Crippen molar-refractivity contribution >= 4 is 11.4 Å². The zero-order valence-electron chi connectivity index (χ0n) is 13.0. The largest absolute Gasteiger partial charge is 0.341 e. The fourth-order valence-electron chi connectivity index (χ4n) is 3.37. The number of para-hydroxylation sites is 1. The van der Waals surface area contributed by atoms with E-state index < -0.39 is 0 Å². The molecule has 1 heterocycles. The van der Waals surface area contributed by atoms with Gasteiger partial charge >= 0.3 is 0 Å². The molecular formula is C19H24N2. The van der Waals surface area contributed by atoms with Crippen molar-refractivity contribution in [2.75, 3.05) is 18.0 Å². The van der Waals surface area contributed by atoms with E-state index in [9.17, 15) is 0 Å². The quantitative estimate of drug-likeness (QED) is 0.926. The second kappa shape index (κ2) is 5.90. The van der Waals surface area contributed by atoms with Gasteiger partial charge in [-0.2, -0.15) is 0 Å². The highest BCUT2D eigenvalue weighted by Crippen LogP contribution is 2.36. The van der Waals surface area contributed by atoms with Crippen molar-refractivity contribution in [1.82, 2.24) is 0 Å². The lowest BCUT2D eigenvalue weighted by atomic mass is 9.92. The van der Waals surface area contributed by atoms with Gasteiger partial charge in [0.2, 0.25) is 0 Å². The summed E-state index contributed by atoms with van der Waals surface area (Å²) in [6, 6.07) is 15.5. The Hall–Kier alpha value is -1.80. The van der Waals surface area contributed by atoms with E-state index in [0.717, 1.165) is 13.0 Å². The molecule has 110 valence electrons. The third-order valence-corrected chi connectivity index (χ3v) is 4.33. The minimum absolute atomic E-state index is 0.683. The predicted molar refractivity (Wildman–Crippen MR) is 90.3 cm³/mol. The van der Waals surface area contributed by atoms with Crippen molar-refractivity contribution in [2.45, 2.75) is 26.7 Å². The van der Waals surface area contributed by atoms with E-state index >= 15 is 0 Å². The van der Waals surface area contributed by atoms with Gasteiger partial charge in [0.15, 0.2) is 0 Å². The first-order valence-electron chi connectivity index (χ1n) is 7.84. The van der Waals surface area contributed by atoms with E-state index in [1.807, 2.05) is 0 Å². The molecule has 0 aromatic heterocycles. The summed E-state index contributed by atoms with van der Waals surface area (Å²) in [6.07, 6.45) is 2.13. The zero-order valence-corrected chi connectivity index (χ0v) is 13.0. The molecule has 0 saturated carbocycles. The second-order valence-corrected chi connectivity index (χ2v) is 6.21. The molecule has 1 atom stereocenters. The molecule has 1 aliphatic heterocycles. The molecule has 0 spiro atoms. The summed E-state index contributed by atoms with van der Waals surface area (Å²) >= 11 is 0. The number of anilines is 2. The van der Waals surface area contributed by atoms with Crippen LogP contribution in [0.15, 0.2) is 42.5 Å². The standard InChI is InChI=1S/C19H24N2/c1-14-11-17-5-3-4-6-19(17)21(13-14)18-8-7-16(9-10-20)12-15(18)2/h3-8,12,14H,9-11,13,20H2,1-2H3. The number of aryl methyl sites for hydroxylation is 1. The van der Waals surface area contributed by atoms with Gasteiger partial charge in [-0.15, -0.1) is 0 Å². The molecule has 0 fully saturated rings. The summed E-state index contributed by atoms with van der Waals surface area (Å²) in [6.45, 7) is 6.34. The Bertz CT molecular complexity index is 633. The summed E-state index contributed by atoms with van der Waals surface area (Å²) in [7, 11) is 0. The number of fused-ring (bicyclic) bond motifs is 1. The average molecular weight is 280 g/mol. The summed E-state index contributed by atoms with van der Waals surface area (Å²) < 4.78 is 0. The third-order valence-electron chi connectivity index (χ3n) is 4.33. The Morgan fingerprint density at radius 2 is 1.95 bits per heavy atom. The fourth-order valence-corrected chi connectivity index (χ4v) is 3.37. The van der Waals surface area contributed by atoms with Gasteiger partial charge < -0.3 is 10.6 Å². The van der Waals surface area contributed by atoms with Crippen LogP contribution in [0.4, 0.5) is 11.4 Å². The van der Waals surface area contributed by atoms with E-state index in [0.29, 0.717) is 12.5 Å². The number of hydrogen-bond acceptors (Lipinski definition) is 2. The van der Waals surface area contributed by atoms with Gasteiger partial charge in [-0.3, -0.25) is 0 Å². The first kappa shape index (κ1) is 14.2. The molecular weight excluding hydrogens is 256 g/mol. The van der Waals surface area contributed by atoms with Crippen LogP contribution < -0.4 is 10.6 Å². The summed E-state index contributed by atoms with van der Waals surface area (Å²) in [5, 5.41) is 0. The Kier molecular flexibility index (Phi) is 3.98. The van der Waals surface area contributed by atoms with Crippen LogP contribution in [-0.4, -0.2) is 13.1 Å². The van der Waals surface area contributed by atoms with E-state index in [4.69, 9.17) is 5.73 Å². The predicted octanol–water partition coefficient (Wildman–Crippen LogP) is 3.83. The lowest BCUT2D eigenvalue weighted by Crippen LogP contribution is -2.30. The highest BCUT2D eigenvalue weighted by atomic mass is 15.1. The fraction of sp³-hybridized carbons (Fsp3) is 0.368. The summed E-state index contributed by atoms with van der Waals surface area (Å²) in [5.74, 6) is 0.683. The lowest BCUT2D eigenvalue weighted by Gasteiger charge is -2.36. The van der Waals surface area contributed by atoms with Gasteiger partial charge in [0, 0.05) is 17.9 Å². The summed E-state index contributed by atoms with van der Waals surface area (Å²) in [5.41, 5.74) is 12.5.